The van der Waals surface area contributed by atoms with Gasteiger partial charge >= 0.3 is 0 Å². The van der Waals surface area contributed by atoms with Crippen molar-refractivity contribution in [3.05, 3.63) is 28.2 Å². The maximum atomic E-state index is 11.3. The Balaban J connectivity index is 2.32. The van der Waals surface area contributed by atoms with Crippen LogP contribution in [0, 0.1) is 11.3 Å². The molecule has 1 heterocycles. The van der Waals surface area contributed by atoms with Crippen LogP contribution in [0.3, 0.4) is 0 Å². The molecule has 0 saturated carbocycles. The van der Waals surface area contributed by atoms with Crippen LogP contribution in [0.25, 0.3) is 0 Å². The van der Waals surface area contributed by atoms with E-state index >= 15 is 0 Å². The summed E-state index contributed by atoms with van der Waals surface area (Å²) in [7, 11) is 0. The van der Waals surface area contributed by atoms with Gasteiger partial charge in [0.05, 0.1) is 17.8 Å². The zero-order valence-corrected chi connectivity index (χ0v) is 10.1. The highest BCUT2D eigenvalue weighted by atomic mass is 79.9. The van der Waals surface area contributed by atoms with E-state index in [4.69, 9.17) is 5.26 Å². The van der Waals surface area contributed by atoms with Crippen LogP contribution in [-0.4, -0.2) is 25.5 Å². The van der Waals surface area contributed by atoms with Crippen molar-refractivity contribution in [1.82, 2.24) is 5.32 Å². The van der Waals surface area contributed by atoms with Gasteiger partial charge in [-0.3, -0.25) is 4.79 Å². The lowest BCUT2D eigenvalue weighted by Crippen LogP contribution is -2.47. The Morgan fingerprint density at radius 3 is 3.00 bits per heavy atom. The third-order valence-electron chi connectivity index (χ3n) is 2.46. The summed E-state index contributed by atoms with van der Waals surface area (Å²) in [5.41, 5.74) is 1.41. The zero-order chi connectivity index (χ0) is 11.5. The van der Waals surface area contributed by atoms with E-state index < -0.39 is 0 Å². The van der Waals surface area contributed by atoms with Gasteiger partial charge < -0.3 is 10.2 Å². The van der Waals surface area contributed by atoms with Gasteiger partial charge in [-0.05, 0) is 18.2 Å². The molecule has 1 amide bonds. The first-order valence-electron chi connectivity index (χ1n) is 4.92. The number of nitriles is 1. The van der Waals surface area contributed by atoms with Crippen molar-refractivity contribution < 1.29 is 4.79 Å². The van der Waals surface area contributed by atoms with Crippen molar-refractivity contribution in [2.24, 2.45) is 0 Å². The molecule has 1 N–H and O–H groups in total. The summed E-state index contributed by atoms with van der Waals surface area (Å²) in [5.74, 6) is -0.00180. The van der Waals surface area contributed by atoms with Crippen LogP contribution in [0.2, 0.25) is 0 Å². The van der Waals surface area contributed by atoms with E-state index in [2.05, 4.69) is 27.3 Å². The predicted molar refractivity (Wildman–Crippen MR) is 64.1 cm³/mol. The Morgan fingerprint density at radius 2 is 2.31 bits per heavy atom. The van der Waals surface area contributed by atoms with Crippen molar-refractivity contribution in [3.63, 3.8) is 0 Å². The number of rotatable bonds is 1. The van der Waals surface area contributed by atoms with Crippen molar-refractivity contribution in [3.8, 4) is 6.07 Å². The first-order chi connectivity index (χ1) is 7.70. The molecule has 1 aliphatic rings. The summed E-state index contributed by atoms with van der Waals surface area (Å²) < 4.78 is 0.870. The number of hydrogen-bond acceptors (Lipinski definition) is 3. The van der Waals surface area contributed by atoms with Crippen LogP contribution < -0.4 is 10.2 Å². The van der Waals surface area contributed by atoms with Gasteiger partial charge in [-0.2, -0.15) is 5.26 Å². The smallest absolute Gasteiger partial charge is 0.239 e. The quantitative estimate of drug-likeness (QED) is 0.842. The number of amides is 1. The second-order valence-corrected chi connectivity index (χ2v) is 4.46. The van der Waals surface area contributed by atoms with Gasteiger partial charge in [0.2, 0.25) is 5.91 Å². The van der Waals surface area contributed by atoms with Crippen molar-refractivity contribution >= 4 is 27.5 Å². The van der Waals surface area contributed by atoms with Crippen LogP contribution in [0.1, 0.15) is 5.56 Å². The number of nitrogens with one attached hydrogen (secondary N) is 1. The molecule has 0 unspecified atom stereocenters. The third-order valence-corrected chi connectivity index (χ3v) is 2.95. The molecule has 2 rings (SSSR count). The highest BCUT2D eigenvalue weighted by molar-refractivity contribution is 9.10. The molecule has 0 aromatic heterocycles. The fraction of sp³-hybridized carbons (Fsp3) is 0.273. The van der Waals surface area contributed by atoms with Gasteiger partial charge in [0, 0.05) is 17.6 Å². The molecule has 0 bridgehead atoms. The summed E-state index contributed by atoms with van der Waals surface area (Å²) in [5, 5.41) is 11.8. The minimum atomic E-state index is -0.00180. The molecule has 82 valence electrons. The Morgan fingerprint density at radius 1 is 1.50 bits per heavy atom. The number of nitrogens with zero attached hydrogens (tertiary/aromatic N) is 2. The predicted octanol–water partition coefficient (Wildman–Crippen LogP) is 1.26. The molecule has 1 aromatic carbocycles. The van der Waals surface area contributed by atoms with E-state index in [0.29, 0.717) is 18.7 Å². The lowest BCUT2D eigenvalue weighted by atomic mass is 10.1. The summed E-state index contributed by atoms with van der Waals surface area (Å²) in [6.07, 6.45) is 0. The molecule has 16 heavy (non-hydrogen) atoms. The minimum Gasteiger partial charge on any atom is -0.359 e. The standard InChI is InChI=1S/C11H10BrN3O/c12-9-1-2-10(8(5-9)6-13)15-4-3-14-11(16)7-15/h1-2,5H,3-4,7H2,(H,14,16). The van der Waals surface area contributed by atoms with Crippen molar-refractivity contribution in [1.29, 1.82) is 5.26 Å². The second-order valence-electron chi connectivity index (χ2n) is 3.54. The van der Waals surface area contributed by atoms with Gasteiger partial charge in [0.1, 0.15) is 6.07 Å². The molecule has 1 aliphatic heterocycles. The molecular formula is C11H10BrN3O. The van der Waals surface area contributed by atoms with E-state index in [-0.39, 0.29) is 5.91 Å². The van der Waals surface area contributed by atoms with E-state index in [1.807, 2.05) is 17.0 Å². The summed E-state index contributed by atoms with van der Waals surface area (Å²) in [6.45, 7) is 1.68. The lowest BCUT2D eigenvalue weighted by Gasteiger charge is -2.29. The van der Waals surface area contributed by atoms with Crippen LogP contribution in [0.5, 0.6) is 0 Å². The van der Waals surface area contributed by atoms with E-state index in [1.165, 1.54) is 0 Å². The molecule has 4 nitrogen and oxygen atoms in total. The van der Waals surface area contributed by atoms with Crippen molar-refractivity contribution in [2.75, 3.05) is 24.5 Å². The normalized spacial score (nSPS) is 15.5. The van der Waals surface area contributed by atoms with Gasteiger partial charge in [-0.1, -0.05) is 15.9 Å². The van der Waals surface area contributed by atoms with E-state index in [1.54, 1.807) is 6.07 Å². The lowest BCUT2D eigenvalue weighted by molar-refractivity contribution is -0.120. The number of halogens is 1. The molecule has 0 aliphatic carbocycles. The average Bonchev–Trinajstić information content (AvgIpc) is 2.28. The SMILES string of the molecule is N#Cc1cc(Br)ccc1N1CCNC(=O)C1. The first kappa shape index (κ1) is 11.0. The van der Waals surface area contributed by atoms with Gasteiger partial charge in [-0.15, -0.1) is 0 Å². The molecule has 1 fully saturated rings. The maximum absolute atomic E-state index is 11.3. The summed E-state index contributed by atoms with van der Waals surface area (Å²) in [6, 6.07) is 7.65. The van der Waals surface area contributed by atoms with E-state index in [9.17, 15) is 4.79 Å². The van der Waals surface area contributed by atoms with E-state index in [0.717, 1.165) is 16.7 Å². The highest BCUT2D eigenvalue weighted by Gasteiger charge is 2.18. The van der Waals surface area contributed by atoms with Gasteiger partial charge in [0.25, 0.3) is 0 Å². The number of benzene rings is 1. The topological polar surface area (TPSA) is 56.1 Å². The van der Waals surface area contributed by atoms with Crippen LogP contribution in [0.15, 0.2) is 22.7 Å². The van der Waals surface area contributed by atoms with Crippen LogP contribution in [0.4, 0.5) is 5.69 Å². The Bertz CT molecular complexity index is 467. The second kappa shape index (κ2) is 4.54. The average molecular weight is 280 g/mol. The Kier molecular flexibility index (Phi) is 3.11. The van der Waals surface area contributed by atoms with Crippen LogP contribution >= 0.6 is 15.9 Å². The largest absolute Gasteiger partial charge is 0.359 e. The molecule has 0 spiro atoms. The minimum absolute atomic E-state index is 0.00180. The number of carbonyl (C=O) groups excluding carboxylic acids is 1. The number of carbonyl (C=O) groups is 1. The number of piperazine rings is 1. The molecule has 1 aromatic rings. The molecule has 0 atom stereocenters. The Labute approximate surface area is 102 Å². The van der Waals surface area contributed by atoms with Crippen molar-refractivity contribution in [2.45, 2.75) is 0 Å². The van der Waals surface area contributed by atoms with Gasteiger partial charge in [0.15, 0.2) is 0 Å². The first-order valence-corrected chi connectivity index (χ1v) is 5.71. The number of hydrogen-bond donors (Lipinski definition) is 1. The van der Waals surface area contributed by atoms with Gasteiger partial charge in [-0.25, -0.2) is 0 Å². The monoisotopic (exact) mass is 279 g/mol. The van der Waals surface area contributed by atoms with Crippen LogP contribution in [-0.2, 0) is 4.79 Å². The summed E-state index contributed by atoms with van der Waals surface area (Å²) in [4.78, 5) is 13.2. The highest BCUT2D eigenvalue weighted by Crippen LogP contribution is 2.24. The fourth-order valence-corrected chi connectivity index (χ4v) is 2.08. The fourth-order valence-electron chi connectivity index (χ4n) is 1.72. The third kappa shape index (κ3) is 2.17. The molecule has 0 radical (unpaired) electrons. The molecule has 5 heteroatoms. The maximum Gasteiger partial charge on any atom is 0.239 e. The Hall–Kier alpha value is -1.54. The molecule has 1 saturated heterocycles. The zero-order valence-electron chi connectivity index (χ0n) is 8.53. The molecular weight excluding hydrogens is 270 g/mol. The summed E-state index contributed by atoms with van der Waals surface area (Å²) >= 11 is 3.32. The number of anilines is 1.